The fourth-order valence-corrected chi connectivity index (χ4v) is 4.72. The third kappa shape index (κ3) is 4.70. The number of carbonyl (C=O) groups is 2. The highest BCUT2D eigenvalue weighted by atomic mass is 35.5. The Labute approximate surface area is 190 Å². The van der Waals surface area contributed by atoms with E-state index in [0.717, 1.165) is 11.3 Å². The topological polar surface area (TPSA) is 58.6 Å². The van der Waals surface area contributed by atoms with Gasteiger partial charge in [0.15, 0.2) is 0 Å². The quantitative estimate of drug-likeness (QED) is 0.515. The van der Waals surface area contributed by atoms with Crippen molar-refractivity contribution < 1.29 is 14.3 Å². The van der Waals surface area contributed by atoms with Crippen molar-refractivity contribution in [2.45, 2.75) is 12.3 Å². The van der Waals surface area contributed by atoms with Crippen LogP contribution in [-0.4, -0.2) is 24.2 Å². The van der Waals surface area contributed by atoms with Gasteiger partial charge in [0.1, 0.15) is 11.1 Å². The maximum absolute atomic E-state index is 12.8. The zero-order valence-corrected chi connectivity index (χ0v) is 18.5. The van der Waals surface area contributed by atoms with E-state index in [2.05, 4.69) is 5.32 Å². The molecular formula is C24H21ClN2O3S. The van der Waals surface area contributed by atoms with Crippen LogP contribution in [0.1, 0.15) is 28.2 Å². The highest BCUT2D eigenvalue weighted by molar-refractivity contribution is 8.00. The van der Waals surface area contributed by atoms with Crippen LogP contribution in [0.25, 0.3) is 0 Å². The third-order valence-electron chi connectivity index (χ3n) is 4.83. The Morgan fingerprint density at radius 2 is 1.90 bits per heavy atom. The van der Waals surface area contributed by atoms with Gasteiger partial charge in [0.05, 0.1) is 18.0 Å². The van der Waals surface area contributed by atoms with E-state index in [1.807, 2.05) is 55.5 Å². The van der Waals surface area contributed by atoms with Gasteiger partial charge in [-0.05, 0) is 61.0 Å². The molecule has 7 heteroatoms. The third-order valence-corrected chi connectivity index (χ3v) is 6.29. The van der Waals surface area contributed by atoms with Gasteiger partial charge in [-0.1, -0.05) is 35.9 Å². The number of halogens is 1. The van der Waals surface area contributed by atoms with Gasteiger partial charge in [-0.2, -0.15) is 0 Å². The summed E-state index contributed by atoms with van der Waals surface area (Å²) in [5.74, 6) is 0.866. The summed E-state index contributed by atoms with van der Waals surface area (Å²) in [6.07, 6.45) is 0. The number of para-hydroxylation sites is 2. The summed E-state index contributed by atoms with van der Waals surface area (Å²) in [5, 5.41) is 3.29. The molecule has 1 heterocycles. The van der Waals surface area contributed by atoms with Crippen LogP contribution in [0.15, 0.2) is 72.8 Å². The van der Waals surface area contributed by atoms with Crippen molar-refractivity contribution >= 4 is 46.6 Å². The molecule has 1 aliphatic heterocycles. The van der Waals surface area contributed by atoms with Crippen LogP contribution < -0.4 is 15.0 Å². The monoisotopic (exact) mass is 452 g/mol. The van der Waals surface area contributed by atoms with E-state index < -0.39 is 0 Å². The summed E-state index contributed by atoms with van der Waals surface area (Å²) in [5.41, 5.74) is 2.86. The molecule has 0 radical (unpaired) electrons. The lowest BCUT2D eigenvalue weighted by Gasteiger charge is -2.26. The van der Waals surface area contributed by atoms with Crippen molar-refractivity contribution in [2.24, 2.45) is 0 Å². The number of amides is 2. The van der Waals surface area contributed by atoms with E-state index in [0.29, 0.717) is 34.4 Å². The van der Waals surface area contributed by atoms with E-state index in [-0.39, 0.29) is 17.2 Å². The zero-order valence-electron chi connectivity index (χ0n) is 16.9. The average molecular weight is 453 g/mol. The van der Waals surface area contributed by atoms with Gasteiger partial charge in [-0.3, -0.25) is 14.5 Å². The summed E-state index contributed by atoms with van der Waals surface area (Å²) in [6.45, 7) is 2.44. The number of hydrogen-bond donors (Lipinski definition) is 1. The molecule has 4 rings (SSSR count). The van der Waals surface area contributed by atoms with Crippen molar-refractivity contribution in [3.8, 4) is 5.75 Å². The predicted molar refractivity (Wildman–Crippen MR) is 126 cm³/mol. The van der Waals surface area contributed by atoms with Crippen molar-refractivity contribution in [3.05, 3.63) is 88.9 Å². The number of thioether (sulfide) groups is 1. The number of rotatable bonds is 6. The molecule has 1 atom stereocenters. The van der Waals surface area contributed by atoms with Crippen molar-refractivity contribution in [1.82, 2.24) is 0 Å². The molecule has 1 aliphatic rings. The lowest BCUT2D eigenvalue weighted by Crippen LogP contribution is -2.28. The maximum atomic E-state index is 12.8. The minimum absolute atomic E-state index is 0.0257. The molecule has 158 valence electrons. The van der Waals surface area contributed by atoms with E-state index >= 15 is 0 Å². The van der Waals surface area contributed by atoms with Crippen LogP contribution in [0.4, 0.5) is 11.4 Å². The van der Waals surface area contributed by atoms with E-state index in [1.165, 1.54) is 0 Å². The summed E-state index contributed by atoms with van der Waals surface area (Å²) in [4.78, 5) is 27.1. The van der Waals surface area contributed by atoms with Crippen molar-refractivity contribution in [3.63, 3.8) is 0 Å². The number of carbonyl (C=O) groups excluding carboxylic acids is 2. The molecule has 0 aromatic heterocycles. The second-order valence-corrected chi connectivity index (χ2v) is 8.42. The largest absolute Gasteiger partial charge is 0.492 e. The highest BCUT2D eigenvalue weighted by Gasteiger charge is 2.35. The zero-order chi connectivity index (χ0) is 21.8. The Morgan fingerprint density at radius 3 is 2.68 bits per heavy atom. The SMILES string of the molecule is CCOc1ccccc1N1C(=O)CS[C@H]1c1cccc(NC(=O)c2ccc(Cl)cc2)c1. The van der Waals surface area contributed by atoms with E-state index in [9.17, 15) is 9.59 Å². The molecular weight excluding hydrogens is 432 g/mol. The lowest BCUT2D eigenvalue weighted by atomic mass is 10.1. The van der Waals surface area contributed by atoms with Gasteiger partial charge in [-0.25, -0.2) is 0 Å². The summed E-state index contributed by atoms with van der Waals surface area (Å²) in [7, 11) is 0. The maximum Gasteiger partial charge on any atom is 0.255 e. The molecule has 3 aromatic rings. The molecule has 3 aromatic carbocycles. The molecule has 0 bridgehead atoms. The molecule has 0 saturated carbocycles. The molecule has 0 spiro atoms. The van der Waals surface area contributed by atoms with Gasteiger partial charge in [-0.15, -0.1) is 11.8 Å². The Balaban J connectivity index is 1.60. The molecule has 0 aliphatic carbocycles. The van der Waals surface area contributed by atoms with Gasteiger partial charge < -0.3 is 10.1 Å². The summed E-state index contributed by atoms with van der Waals surface area (Å²) < 4.78 is 5.75. The van der Waals surface area contributed by atoms with E-state index in [4.69, 9.17) is 16.3 Å². The first-order valence-electron chi connectivity index (χ1n) is 9.89. The van der Waals surface area contributed by atoms with Crippen LogP contribution in [0, 0.1) is 0 Å². The number of nitrogens with zero attached hydrogens (tertiary/aromatic N) is 1. The first-order valence-corrected chi connectivity index (χ1v) is 11.3. The standard InChI is InChI=1S/C24H21ClN2O3S/c1-2-30-21-9-4-3-8-20(21)27-22(28)15-31-24(27)17-6-5-7-19(14-17)26-23(29)16-10-12-18(25)13-11-16/h3-14,24H,2,15H2,1H3,(H,26,29)/t24-/m0/s1. The van der Waals surface area contributed by atoms with Gasteiger partial charge in [0.2, 0.25) is 5.91 Å². The minimum atomic E-state index is -0.220. The molecule has 2 amide bonds. The van der Waals surface area contributed by atoms with Crippen molar-refractivity contribution in [1.29, 1.82) is 0 Å². The Morgan fingerprint density at radius 1 is 1.13 bits per heavy atom. The van der Waals surface area contributed by atoms with Gasteiger partial charge in [0.25, 0.3) is 5.91 Å². The number of ether oxygens (including phenoxy) is 1. The number of hydrogen-bond acceptors (Lipinski definition) is 4. The Bertz CT molecular complexity index is 1100. The fraction of sp³-hybridized carbons (Fsp3) is 0.167. The number of anilines is 2. The van der Waals surface area contributed by atoms with Crippen LogP contribution in [-0.2, 0) is 4.79 Å². The smallest absolute Gasteiger partial charge is 0.255 e. The normalized spacial score (nSPS) is 15.7. The fourth-order valence-electron chi connectivity index (χ4n) is 3.44. The summed E-state index contributed by atoms with van der Waals surface area (Å²) >= 11 is 7.45. The number of nitrogens with one attached hydrogen (secondary N) is 1. The van der Waals surface area contributed by atoms with Crippen LogP contribution in [0.5, 0.6) is 5.75 Å². The first kappa shape index (κ1) is 21.3. The molecule has 1 N–H and O–H groups in total. The molecule has 0 unspecified atom stereocenters. The Kier molecular flexibility index (Phi) is 6.49. The predicted octanol–water partition coefficient (Wildman–Crippen LogP) is 5.77. The summed E-state index contributed by atoms with van der Waals surface area (Å²) in [6, 6.07) is 21.9. The highest BCUT2D eigenvalue weighted by Crippen LogP contribution is 2.45. The lowest BCUT2D eigenvalue weighted by molar-refractivity contribution is -0.115. The van der Waals surface area contributed by atoms with Crippen molar-refractivity contribution in [2.75, 3.05) is 22.6 Å². The molecule has 5 nitrogen and oxygen atoms in total. The van der Waals surface area contributed by atoms with Crippen LogP contribution >= 0.6 is 23.4 Å². The second kappa shape index (κ2) is 9.45. The van der Waals surface area contributed by atoms with Crippen LogP contribution in [0.3, 0.4) is 0 Å². The van der Waals surface area contributed by atoms with Gasteiger partial charge in [0, 0.05) is 16.3 Å². The van der Waals surface area contributed by atoms with Crippen LogP contribution in [0.2, 0.25) is 5.02 Å². The van der Waals surface area contributed by atoms with Gasteiger partial charge >= 0.3 is 0 Å². The molecule has 1 fully saturated rings. The molecule has 31 heavy (non-hydrogen) atoms. The number of benzene rings is 3. The second-order valence-electron chi connectivity index (χ2n) is 6.91. The first-order chi connectivity index (χ1) is 15.1. The minimum Gasteiger partial charge on any atom is -0.492 e. The Hall–Kier alpha value is -2.96. The molecule has 1 saturated heterocycles. The average Bonchev–Trinajstić information content (AvgIpc) is 3.16. The van der Waals surface area contributed by atoms with E-state index in [1.54, 1.807) is 40.9 Å².